The summed E-state index contributed by atoms with van der Waals surface area (Å²) in [6.07, 6.45) is 3.55. The minimum atomic E-state index is -0.958. The third-order valence-electron chi connectivity index (χ3n) is 3.71. The van der Waals surface area contributed by atoms with Crippen molar-refractivity contribution in [3.8, 4) is 0 Å². The van der Waals surface area contributed by atoms with Gasteiger partial charge in [0.15, 0.2) is 0 Å². The zero-order valence-electron chi connectivity index (χ0n) is 12.3. The van der Waals surface area contributed by atoms with E-state index in [1.165, 1.54) is 0 Å². The highest BCUT2D eigenvalue weighted by molar-refractivity contribution is 6.03. The molecule has 1 amide bonds. The van der Waals surface area contributed by atoms with Crippen LogP contribution in [0.25, 0.3) is 10.9 Å². The number of amides is 1. The molecule has 2 N–H and O–H groups in total. The second-order valence-corrected chi connectivity index (χ2v) is 5.07. The third kappa shape index (κ3) is 3.24. The number of fused-ring (bicyclic) bond motifs is 1. The lowest BCUT2D eigenvalue weighted by Gasteiger charge is -2.15. The largest absolute Gasteiger partial charge is 0.478 e. The van der Waals surface area contributed by atoms with Gasteiger partial charge in [0.05, 0.1) is 5.56 Å². The molecule has 1 heterocycles. The highest BCUT2D eigenvalue weighted by atomic mass is 16.4. The predicted octanol–water partition coefficient (Wildman–Crippen LogP) is 2.64. The lowest BCUT2D eigenvalue weighted by molar-refractivity contribution is -0.122. The first-order valence-electron chi connectivity index (χ1n) is 7.17. The molecule has 2 aromatic rings. The van der Waals surface area contributed by atoms with E-state index in [1.807, 2.05) is 19.9 Å². The van der Waals surface area contributed by atoms with Gasteiger partial charge in [-0.25, -0.2) is 4.79 Å². The summed E-state index contributed by atoms with van der Waals surface area (Å²) >= 11 is 0. The molecule has 0 bridgehead atoms. The molecule has 21 heavy (non-hydrogen) atoms. The summed E-state index contributed by atoms with van der Waals surface area (Å²) in [5.74, 6) is -1.01. The molecular formula is C16H20N2O3. The van der Waals surface area contributed by atoms with Gasteiger partial charge in [-0.05, 0) is 31.0 Å². The SMILES string of the molecule is CCC(CC)NC(=O)Cn1ccc2c(C(=O)O)cccc21. The van der Waals surface area contributed by atoms with Crippen molar-refractivity contribution in [1.29, 1.82) is 0 Å². The van der Waals surface area contributed by atoms with E-state index in [0.717, 1.165) is 18.4 Å². The van der Waals surface area contributed by atoms with Crippen molar-refractivity contribution < 1.29 is 14.7 Å². The summed E-state index contributed by atoms with van der Waals surface area (Å²) in [4.78, 5) is 23.2. The maximum atomic E-state index is 12.1. The maximum absolute atomic E-state index is 12.1. The number of rotatable bonds is 6. The molecule has 0 saturated carbocycles. The Morgan fingerprint density at radius 2 is 1.95 bits per heavy atom. The normalized spacial score (nSPS) is 11.0. The zero-order chi connectivity index (χ0) is 15.4. The number of carbonyl (C=O) groups excluding carboxylic acids is 1. The molecule has 1 aromatic heterocycles. The maximum Gasteiger partial charge on any atom is 0.336 e. The Kier molecular flexibility index (Phi) is 4.62. The smallest absolute Gasteiger partial charge is 0.336 e. The summed E-state index contributed by atoms with van der Waals surface area (Å²) in [6, 6.07) is 7.02. The van der Waals surface area contributed by atoms with Crippen LogP contribution in [-0.4, -0.2) is 27.6 Å². The molecule has 0 atom stereocenters. The summed E-state index contributed by atoms with van der Waals surface area (Å²) in [7, 11) is 0. The Hall–Kier alpha value is -2.30. The molecule has 0 aliphatic heterocycles. The van der Waals surface area contributed by atoms with Crippen molar-refractivity contribution in [3.05, 3.63) is 36.0 Å². The van der Waals surface area contributed by atoms with Crippen LogP contribution in [0.3, 0.4) is 0 Å². The van der Waals surface area contributed by atoms with Crippen molar-refractivity contribution in [2.24, 2.45) is 0 Å². The fourth-order valence-electron chi connectivity index (χ4n) is 2.47. The van der Waals surface area contributed by atoms with Crippen molar-refractivity contribution >= 4 is 22.8 Å². The van der Waals surface area contributed by atoms with Crippen LogP contribution in [0, 0.1) is 0 Å². The lowest BCUT2D eigenvalue weighted by Crippen LogP contribution is -2.36. The van der Waals surface area contributed by atoms with Gasteiger partial charge in [-0.3, -0.25) is 4.79 Å². The van der Waals surface area contributed by atoms with Gasteiger partial charge in [-0.2, -0.15) is 0 Å². The van der Waals surface area contributed by atoms with E-state index in [-0.39, 0.29) is 24.1 Å². The van der Waals surface area contributed by atoms with Gasteiger partial charge >= 0.3 is 5.97 Å². The zero-order valence-corrected chi connectivity index (χ0v) is 12.3. The number of hydrogen-bond donors (Lipinski definition) is 2. The Bertz CT molecular complexity index is 657. The van der Waals surface area contributed by atoms with Crippen LogP contribution in [-0.2, 0) is 11.3 Å². The molecule has 0 saturated heterocycles. The average Bonchev–Trinajstić information content (AvgIpc) is 2.87. The number of benzene rings is 1. The van der Waals surface area contributed by atoms with Crippen molar-refractivity contribution in [2.75, 3.05) is 0 Å². The van der Waals surface area contributed by atoms with E-state index < -0.39 is 5.97 Å². The quantitative estimate of drug-likeness (QED) is 0.858. The van der Waals surface area contributed by atoms with E-state index in [9.17, 15) is 9.59 Å². The first-order valence-corrected chi connectivity index (χ1v) is 7.17. The molecule has 0 radical (unpaired) electrons. The molecule has 5 heteroatoms. The molecule has 0 aliphatic carbocycles. The minimum Gasteiger partial charge on any atom is -0.478 e. The minimum absolute atomic E-state index is 0.0538. The van der Waals surface area contributed by atoms with Gasteiger partial charge in [-0.15, -0.1) is 0 Å². The van der Waals surface area contributed by atoms with E-state index in [1.54, 1.807) is 29.0 Å². The van der Waals surface area contributed by atoms with E-state index in [0.29, 0.717) is 5.39 Å². The van der Waals surface area contributed by atoms with Crippen LogP contribution in [0.15, 0.2) is 30.5 Å². The van der Waals surface area contributed by atoms with Crippen LogP contribution in [0.5, 0.6) is 0 Å². The third-order valence-corrected chi connectivity index (χ3v) is 3.71. The van der Waals surface area contributed by atoms with E-state index in [4.69, 9.17) is 5.11 Å². The van der Waals surface area contributed by atoms with Crippen LogP contribution in [0.2, 0.25) is 0 Å². The molecule has 0 unspecified atom stereocenters. The number of nitrogens with zero attached hydrogens (tertiary/aromatic N) is 1. The van der Waals surface area contributed by atoms with Crippen molar-refractivity contribution in [2.45, 2.75) is 39.3 Å². The van der Waals surface area contributed by atoms with Crippen molar-refractivity contribution in [3.63, 3.8) is 0 Å². The average molecular weight is 288 g/mol. The summed E-state index contributed by atoms with van der Waals surface area (Å²) in [5.41, 5.74) is 1.02. The predicted molar refractivity (Wildman–Crippen MR) is 81.4 cm³/mol. The van der Waals surface area contributed by atoms with Gasteiger partial charge in [0.1, 0.15) is 6.54 Å². The fourth-order valence-corrected chi connectivity index (χ4v) is 2.47. The first-order chi connectivity index (χ1) is 10.1. The van der Waals surface area contributed by atoms with Gasteiger partial charge in [0.2, 0.25) is 5.91 Å². The van der Waals surface area contributed by atoms with E-state index in [2.05, 4.69) is 5.32 Å². The van der Waals surface area contributed by atoms with Gasteiger partial charge in [-0.1, -0.05) is 19.9 Å². The standard InChI is InChI=1S/C16H20N2O3/c1-3-11(4-2)17-15(19)10-18-9-8-12-13(16(20)21)6-5-7-14(12)18/h5-9,11H,3-4,10H2,1-2H3,(H,17,19)(H,20,21). The fraction of sp³-hybridized carbons (Fsp3) is 0.375. The summed E-state index contributed by atoms with van der Waals surface area (Å²) in [5, 5.41) is 12.8. The Morgan fingerprint density at radius 3 is 2.57 bits per heavy atom. The summed E-state index contributed by atoms with van der Waals surface area (Å²) < 4.78 is 1.78. The number of carboxylic acid groups (broad SMARTS) is 1. The highest BCUT2D eigenvalue weighted by Gasteiger charge is 2.13. The second-order valence-electron chi connectivity index (χ2n) is 5.07. The highest BCUT2D eigenvalue weighted by Crippen LogP contribution is 2.20. The number of aromatic carboxylic acids is 1. The molecule has 2 rings (SSSR count). The van der Waals surface area contributed by atoms with Crippen LogP contribution < -0.4 is 5.32 Å². The summed E-state index contributed by atoms with van der Waals surface area (Å²) in [6.45, 7) is 4.28. The second kappa shape index (κ2) is 6.43. The number of nitrogens with one attached hydrogen (secondary N) is 1. The van der Waals surface area contributed by atoms with Gasteiger partial charge in [0.25, 0.3) is 0 Å². The van der Waals surface area contributed by atoms with Crippen LogP contribution in [0.4, 0.5) is 0 Å². The molecular weight excluding hydrogens is 268 g/mol. The Balaban J connectivity index is 2.22. The topological polar surface area (TPSA) is 71.3 Å². The lowest BCUT2D eigenvalue weighted by atomic mass is 10.1. The monoisotopic (exact) mass is 288 g/mol. The van der Waals surface area contributed by atoms with Crippen molar-refractivity contribution in [1.82, 2.24) is 9.88 Å². The first kappa shape index (κ1) is 15.1. The number of hydrogen-bond acceptors (Lipinski definition) is 2. The Morgan fingerprint density at radius 1 is 1.24 bits per heavy atom. The number of aromatic nitrogens is 1. The van der Waals surface area contributed by atoms with Crippen LogP contribution >= 0.6 is 0 Å². The number of carboxylic acids is 1. The van der Waals surface area contributed by atoms with Gasteiger partial charge in [0, 0.05) is 23.1 Å². The van der Waals surface area contributed by atoms with E-state index >= 15 is 0 Å². The van der Waals surface area contributed by atoms with Gasteiger partial charge < -0.3 is 15.0 Å². The van der Waals surface area contributed by atoms with Crippen LogP contribution in [0.1, 0.15) is 37.0 Å². The molecule has 1 aromatic carbocycles. The molecule has 5 nitrogen and oxygen atoms in total. The Labute approximate surface area is 123 Å². The molecule has 112 valence electrons. The number of carbonyl (C=O) groups is 2. The molecule has 0 spiro atoms. The molecule has 0 aliphatic rings. The molecule has 0 fully saturated rings.